The highest BCUT2D eigenvalue weighted by Gasteiger charge is 2.24. The van der Waals surface area contributed by atoms with Crippen molar-refractivity contribution < 1.29 is 9.84 Å². The molecule has 2 atom stereocenters. The van der Waals surface area contributed by atoms with E-state index in [1.54, 1.807) is 0 Å². The van der Waals surface area contributed by atoms with E-state index in [4.69, 9.17) is 4.74 Å². The molecule has 2 unspecified atom stereocenters. The van der Waals surface area contributed by atoms with Gasteiger partial charge in [0.05, 0.1) is 12.2 Å². The van der Waals surface area contributed by atoms with Crippen molar-refractivity contribution in [2.75, 3.05) is 6.61 Å². The molecular formula is C16H26O2. The van der Waals surface area contributed by atoms with Gasteiger partial charge in [0.25, 0.3) is 0 Å². The largest absolute Gasteiger partial charge is 0.390 e. The molecule has 102 valence electrons. The summed E-state index contributed by atoms with van der Waals surface area (Å²) in [5, 5.41) is 10.4. The number of aliphatic hydroxyl groups is 1. The normalized spacial score (nSPS) is 14.8. The van der Waals surface area contributed by atoms with Crippen LogP contribution in [0.4, 0.5) is 0 Å². The smallest absolute Gasteiger partial charge is 0.0859 e. The van der Waals surface area contributed by atoms with Crippen LogP contribution in [0.1, 0.15) is 37.5 Å². The molecule has 0 fully saturated rings. The first-order chi connectivity index (χ1) is 8.47. The second-order valence-electron chi connectivity index (χ2n) is 5.31. The zero-order valence-electron chi connectivity index (χ0n) is 12.2. The van der Waals surface area contributed by atoms with Gasteiger partial charge in [0, 0.05) is 13.0 Å². The Morgan fingerprint density at radius 3 is 2.17 bits per heavy atom. The summed E-state index contributed by atoms with van der Waals surface area (Å²) in [4.78, 5) is 0. The van der Waals surface area contributed by atoms with Crippen LogP contribution in [0.25, 0.3) is 0 Å². The van der Waals surface area contributed by atoms with Gasteiger partial charge in [-0.05, 0) is 43.4 Å². The first-order valence-corrected chi connectivity index (χ1v) is 6.82. The summed E-state index contributed by atoms with van der Waals surface area (Å²) in [5.41, 5.74) is 3.73. The quantitative estimate of drug-likeness (QED) is 0.839. The van der Waals surface area contributed by atoms with Gasteiger partial charge in [-0.2, -0.15) is 0 Å². The zero-order valence-corrected chi connectivity index (χ0v) is 12.2. The molecule has 0 aliphatic carbocycles. The van der Waals surface area contributed by atoms with Gasteiger partial charge in [-0.15, -0.1) is 0 Å². The summed E-state index contributed by atoms with van der Waals surface area (Å²) >= 11 is 0. The van der Waals surface area contributed by atoms with Crippen LogP contribution in [-0.2, 0) is 11.2 Å². The standard InChI is InChI=1S/C16H26O2/c1-6-18-16(11(2)3)15(17)10-14-12(4)8-7-9-13(14)5/h7-9,11,15-17H,6,10H2,1-5H3. The van der Waals surface area contributed by atoms with E-state index in [1.165, 1.54) is 16.7 Å². The van der Waals surface area contributed by atoms with Crippen molar-refractivity contribution in [2.45, 2.75) is 53.2 Å². The topological polar surface area (TPSA) is 29.5 Å². The third-order valence-electron chi connectivity index (χ3n) is 3.45. The fourth-order valence-electron chi connectivity index (χ4n) is 2.44. The third-order valence-corrected chi connectivity index (χ3v) is 3.45. The zero-order chi connectivity index (χ0) is 13.7. The summed E-state index contributed by atoms with van der Waals surface area (Å²) in [5.74, 6) is 0.323. The van der Waals surface area contributed by atoms with E-state index < -0.39 is 6.10 Å². The van der Waals surface area contributed by atoms with Crippen molar-refractivity contribution in [2.24, 2.45) is 5.92 Å². The average Bonchev–Trinajstić information content (AvgIpc) is 2.30. The van der Waals surface area contributed by atoms with Crippen molar-refractivity contribution in [1.82, 2.24) is 0 Å². The van der Waals surface area contributed by atoms with E-state index in [0.717, 1.165) is 0 Å². The highest BCUT2D eigenvalue weighted by molar-refractivity contribution is 5.34. The lowest BCUT2D eigenvalue weighted by Crippen LogP contribution is -2.35. The SMILES string of the molecule is CCOC(C(C)C)C(O)Cc1c(C)cccc1C. The lowest BCUT2D eigenvalue weighted by molar-refractivity contribution is -0.0563. The van der Waals surface area contributed by atoms with Crippen LogP contribution in [0.2, 0.25) is 0 Å². The number of hydrogen-bond donors (Lipinski definition) is 1. The summed E-state index contributed by atoms with van der Waals surface area (Å²) < 4.78 is 5.67. The molecule has 0 amide bonds. The van der Waals surface area contributed by atoms with Crippen molar-refractivity contribution in [3.63, 3.8) is 0 Å². The van der Waals surface area contributed by atoms with Crippen molar-refractivity contribution in [1.29, 1.82) is 0 Å². The van der Waals surface area contributed by atoms with E-state index in [0.29, 0.717) is 18.9 Å². The molecule has 2 heteroatoms. The van der Waals surface area contributed by atoms with Crippen LogP contribution < -0.4 is 0 Å². The average molecular weight is 250 g/mol. The minimum atomic E-state index is -0.440. The number of benzene rings is 1. The number of rotatable bonds is 6. The fraction of sp³-hybridized carbons (Fsp3) is 0.625. The number of ether oxygens (including phenoxy) is 1. The number of aliphatic hydroxyl groups excluding tert-OH is 1. The molecule has 0 aliphatic heterocycles. The Bertz CT molecular complexity index is 351. The maximum atomic E-state index is 10.4. The Kier molecular flexibility index (Phi) is 5.83. The van der Waals surface area contributed by atoms with Gasteiger partial charge < -0.3 is 9.84 Å². The van der Waals surface area contributed by atoms with Gasteiger partial charge in [-0.25, -0.2) is 0 Å². The van der Waals surface area contributed by atoms with Crippen LogP contribution in [0.15, 0.2) is 18.2 Å². The molecule has 2 nitrogen and oxygen atoms in total. The highest BCUT2D eigenvalue weighted by Crippen LogP contribution is 2.20. The molecule has 0 saturated heterocycles. The molecule has 0 aromatic heterocycles. The Morgan fingerprint density at radius 1 is 1.17 bits per heavy atom. The monoisotopic (exact) mass is 250 g/mol. The molecule has 1 N–H and O–H groups in total. The molecule has 1 aromatic rings. The van der Waals surface area contributed by atoms with Gasteiger partial charge in [-0.1, -0.05) is 32.0 Å². The first-order valence-electron chi connectivity index (χ1n) is 6.82. The van der Waals surface area contributed by atoms with E-state index in [2.05, 4.69) is 45.9 Å². The summed E-state index contributed by atoms with van der Waals surface area (Å²) in [7, 11) is 0. The molecular weight excluding hydrogens is 224 g/mol. The van der Waals surface area contributed by atoms with Crippen LogP contribution in [-0.4, -0.2) is 23.9 Å². The molecule has 1 aromatic carbocycles. The van der Waals surface area contributed by atoms with E-state index in [9.17, 15) is 5.11 Å². The second-order valence-corrected chi connectivity index (χ2v) is 5.31. The maximum absolute atomic E-state index is 10.4. The van der Waals surface area contributed by atoms with Crippen molar-refractivity contribution in [3.8, 4) is 0 Å². The van der Waals surface area contributed by atoms with Gasteiger partial charge >= 0.3 is 0 Å². The molecule has 0 aliphatic rings. The molecule has 18 heavy (non-hydrogen) atoms. The molecule has 0 bridgehead atoms. The molecule has 0 radical (unpaired) electrons. The van der Waals surface area contributed by atoms with Crippen LogP contribution in [0, 0.1) is 19.8 Å². The molecule has 0 heterocycles. The first kappa shape index (κ1) is 15.2. The second kappa shape index (κ2) is 6.91. The van der Waals surface area contributed by atoms with E-state index in [-0.39, 0.29) is 6.10 Å². The predicted octanol–water partition coefficient (Wildman–Crippen LogP) is 3.27. The Hall–Kier alpha value is -0.860. The minimum absolute atomic E-state index is 0.0889. The van der Waals surface area contributed by atoms with Crippen LogP contribution in [0.3, 0.4) is 0 Å². The van der Waals surface area contributed by atoms with Crippen LogP contribution >= 0.6 is 0 Å². The number of aryl methyl sites for hydroxylation is 2. The fourth-order valence-corrected chi connectivity index (χ4v) is 2.44. The lowest BCUT2D eigenvalue weighted by Gasteiger charge is -2.27. The minimum Gasteiger partial charge on any atom is -0.390 e. The molecule has 1 rings (SSSR count). The summed E-state index contributed by atoms with van der Waals surface area (Å²) in [6.45, 7) is 11.0. The van der Waals surface area contributed by atoms with Crippen LogP contribution in [0.5, 0.6) is 0 Å². The van der Waals surface area contributed by atoms with Gasteiger partial charge in [0.2, 0.25) is 0 Å². The van der Waals surface area contributed by atoms with Crippen molar-refractivity contribution in [3.05, 3.63) is 34.9 Å². The number of hydrogen-bond acceptors (Lipinski definition) is 2. The molecule has 0 saturated carbocycles. The lowest BCUT2D eigenvalue weighted by atomic mass is 9.92. The maximum Gasteiger partial charge on any atom is 0.0859 e. The van der Waals surface area contributed by atoms with E-state index >= 15 is 0 Å². The molecule has 0 spiro atoms. The third kappa shape index (κ3) is 3.82. The Morgan fingerprint density at radius 2 is 1.72 bits per heavy atom. The Labute approximate surface area is 111 Å². The van der Waals surface area contributed by atoms with Gasteiger partial charge in [0.15, 0.2) is 0 Å². The van der Waals surface area contributed by atoms with E-state index in [1.807, 2.05) is 6.92 Å². The van der Waals surface area contributed by atoms with Crippen molar-refractivity contribution >= 4 is 0 Å². The Balaban J connectivity index is 2.82. The summed E-state index contributed by atoms with van der Waals surface area (Å²) in [6, 6.07) is 6.25. The van der Waals surface area contributed by atoms with Gasteiger partial charge in [0.1, 0.15) is 0 Å². The van der Waals surface area contributed by atoms with Gasteiger partial charge in [-0.3, -0.25) is 0 Å². The highest BCUT2D eigenvalue weighted by atomic mass is 16.5. The summed E-state index contributed by atoms with van der Waals surface area (Å²) in [6.07, 6.45) is 0.139. The predicted molar refractivity (Wildman–Crippen MR) is 75.9 cm³/mol.